The molecule has 6 rings (SSSR count). The highest BCUT2D eigenvalue weighted by molar-refractivity contribution is 5.19. The third kappa shape index (κ3) is 6.02. The predicted octanol–water partition coefficient (Wildman–Crippen LogP) is 9.93. The van der Waals surface area contributed by atoms with Gasteiger partial charge in [-0.05, 0) is 124 Å². The van der Waals surface area contributed by atoms with Gasteiger partial charge in [-0.1, -0.05) is 78.7 Å². The van der Waals surface area contributed by atoms with Crippen molar-refractivity contribution in [3.8, 4) is 0 Å². The number of fused-ring (bicyclic) bond motifs is 2. The Bertz CT molecular complexity index is 909. The van der Waals surface area contributed by atoms with Crippen LogP contribution in [0.5, 0.6) is 0 Å². The summed E-state index contributed by atoms with van der Waals surface area (Å²) in [5, 5.41) is 0. The number of ether oxygens (including phenoxy) is 2. The SMILES string of the molecule is CC1(C)CC(C2CC(C)(C)CC3(C)OC23)C2OC2(C)C1.CC1=CC(C2C=C(C)CC(C)(C)C2)CC(C)(C)C1. The monoisotopic (exact) mass is 524 g/mol. The first-order chi connectivity index (χ1) is 17.2. The number of hydrogen-bond donors (Lipinski definition) is 0. The molecule has 2 heteroatoms. The van der Waals surface area contributed by atoms with Crippen LogP contribution in [0, 0.1) is 45.3 Å². The molecule has 0 radical (unpaired) electrons. The van der Waals surface area contributed by atoms with Gasteiger partial charge >= 0.3 is 0 Å². The predicted molar refractivity (Wildman–Crippen MR) is 160 cm³/mol. The van der Waals surface area contributed by atoms with Crippen LogP contribution in [0.3, 0.4) is 0 Å². The van der Waals surface area contributed by atoms with E-state index in [0.29, 0.717) is 45.7 Å². The maximum atomic E-state index is 6.18. The van der Waals surface area contributed by atoms with E-state index in [4.69, 9.17) is 9.47 Å². The van der Waals surface area contributed by atoms with Crippen LogP contribution < -0.4 is 0 Å². The fraction of sp³-hybridized carbons (Fsp3) is 0.889. The second-order valence-corrected chi connectivity index (χ2v) is 18.6. The molecule has 4 aliphatic carbocycles. The van der Waals surface area contributed by atoms with E-state index in [9.17, 15) is 0 Å². The molecule has 2 nitrogen and oxygen atoms in total. The maximum Gasteiger partial charge on any atom is 0.0928 e. The number of hydrogen-bond acceptors (Lipinski definition) is 2. The van der Waals surface area contributed by atoms with Crippen molar-refractivity contribution in [1.82, 2.24) is 0 Å². The molecule has 6 aliphatic rings. The minimum Gasteiger partial charge on any atom is -0.366 e. The molecule has 38 heavy (non-hydrogen) atoms. The van der Waals surface area contributed by atoms with E-state index in [2.05, 4.69) is 95.2 Å². The average molecular weight is 525 g/mol. The molecule has 216 valence electrons. The van der Waals surface area contributed by atoms with Crippen LogP contribution in [0.25, 0.3) is 0 Å². The molecule has 8 unspecified atom stereocenters. The van der Waals surface area contributed by atoms with E-state index in [1.54, 1.807) is 11.1 Å². The first kappa shape index (κ1) is 28.9. The van der Waals surface area contributed by atoms with Crippen molar-refractivity contribution >= 4 is 0 Å². The van der Waals surface area contributed by atoms with Crippen LogP contribution in [0.2, 0.25) is 0 Å². The normalized spacial score (nSPS) is 47.3. The van der Waals surface area contributed by atoms with Gasteiger partial charge in [0.15, 0.2) is 0 Å². The Labute approximate surface area is 235 Å². The molecule has 0 aromatic carbocycles. The molecule has 0 spiro atoms. The van der Waals surface area contributed by atoms with Gasteiger partial charge in [0.05, 0.1) is 23.4 Å². The highest BCUT2D eigenvalue weighted by Crippen LogP contribution is 2.65. The summed E-state index contributed by atoms with van der Waals surface area (Å²) in [6.45, 7) is 28.7. The van der Waals surface area contributed by atoms with Crippen LogP contribution in [0.4, 0.5) is 0 Å². The zero-order chi connectivity index (χ0) is 28.1. The van der Waals surface area contributed by atoms with E-state index in [1.165, 1.54) is 51.4 Å². The van der Waals surface area contributed by atoms with Crippen LogP contribution >= 0.6 is 0 Å². The summed E-state index contributed by atoms with van der Waals surface area (Å²) in [6.07, 6.45) is 16.5. The summed E-state index contributed by atoms with van der Waals surface area (Å²) in [6, 6.07) is 0. The second kappa shape index (κ2) is 8.95. The molecule has 4 fully saturated rings. The van der Waals surface area contributed by atoms with Crippen molar-refractivity contribution in [2.75, 3.05) is 0 Å². The van der Waals surface area contributed by atoms with E-state index in [-0.39, 0.29) is 11.2 Å². The highest BCUT2D eigenvalue weighted by atomic mass is 16.6. The minimum atomic E-state index is 0.166. The zero-order valence-electron chi connectivity index (χ0n) is 27.1. The van der Waals surface area contributed by atoms with Crippen molar-refractivity contribution < 1.29 is 9.47 Å². The van der Waals surface area contributed by atoms with Gasteiger partial charge in [-0.3, -0.25) is 0 Å². The quantitative estimate of drug-likeness (QED) is 0.265. The van der Waals surface area contributed by atoms with E-state index >= 15 is 0 Å². The van der Waals surface area contributed by atoms with E-state index in [0.717, 1.165) is 11.8 Å². The Morgan fingerprint density at radius 2 is 0.868 bits per heavy atom. The molecule has 0 aromatic heterocycles. The summed E-state index contributed by atoms with van der Waals surface area (Å²) in [4.78, 5) is 0. The zero-order valence-corrected chi connectivity index (χ0v) is 27.1. The summed E-state index contributed by atoms with van der Waals surface area (Å²) in [7, 11) is 0. The maximum absolute atomic E-state index is 6.18. The lowest BCUT2D eigenvalue weighted by molar-refractivity contribution is 0.0788. The molecule has 0 aromatic rings. The van der Waals surface area contributed by atoms with Crippen LogP contribution in [-0.2, 0) is 9.47 Å². The fourth-order valence-corrected chi connectivity index (χ4v) is 10.6. The largest absolute Gasteiger partial charge is 0.366 e. The highest BCUT2D eigenvalue weighted by Gasteiger charge is 2.69. The molecular weight excluding hydrogens is 464 g/mol. The Morgan fingerprint density at radius 1 is 0.526 bits per heavy atom. The molecule has 2 heterocycles. The lowest BCUT2D eigenvalue weighted by atomic mass is 9.58. The molecule has 8 atom stereocenters. The topological polar surface area (TPSA) is 25.1 Å². The van der Waals surface area contributed by atoms with Crippen molar-refractivity contribution in [2.24, 2.45) is 45.3 Å². The molecule has 2 aliphatic heterocycles. The molecule has 2 saturated heterocycles. The standard InChI is InChI=1S/C18H30O2.C18H30/c1-15(2)7-11(13-17(5,9-15)19-13)12-8-16(3,4)10-18(6)14(12)20-18;1-13-7-15(11-17(3,4)9-13)16-8-14(2)10-18(5,6)12-16/h11-14H,7-10H2,1-6H3;7-8,15-16H,9-12H2,1-6H3. The van der Waals surface area contributed by atoms with Gasteiger partial charge in [0, 0.05) is 0 Å². The number of allylic oxidation sites excluding steroid dienone is 4. The second-order valence-electron chi connectivity index (χ2n) is 18.6. The number of epoxide rings is 2. The van der Waals surface area contributed by atoms with Gasteiger partial charge in [-0.2, -0.15) is 0 Å². The van der Waals surface area contributed by atoms with Crippen molar-refractivity contribution in [2.45, 2.75) is 158 Å². The van der Waals surface area contributed by atoms with E-state index < -0.39 is 0 Å². The van der Waals surface area contributed by atoms with Gasteiger partial charge in [-0.25, -0.2) is 0 Å². The van der Waals surface area contributed by atoms with Crippen molar-refractivity contribution in [1.29, 1.82) is 0 Å². The molecule has 2 saturated carbocycles. The van der Waals surface area contributed by atoms with Gasteiger partial charge in [0.1, 0.15) is 0 Å². The molecule has 0 N–H and O–H groups in total. The van der Waals surface area contributed by atoms with Crippen molar-refractivity contribution in [3.63, 3.8) is 0 Å². The first-order valence-electron chi connectivity index (χ1n) is 15.9. The van der Waals surface area contributed by atoms with Gasteiger partial charge in [-0.15, -0.1) is 0 Å². The summed E-state index contributed by atoms with van der Waals surface area (Å²) in [5.41, 5.74) is 5.35. The van der Waals surface area contributed by atoms with E-state index in [1.807, 2.05) is 0 Å². The average Bonchev–Trinajstić information content (AvgIpc) is 3.55. The molecular formula is C36H60O2. The third-order valence-electron chi connectivity index (χ3n) is 11.1. The van der Waals surface area contributed by atoms with Crippen LogP contribution in [-0.4, -0.2) is 23.4 Å². The Balaban J connectivity index is 0.000000156. The van der Waals surface area contributed by atoms with Gasteiger partial charge in [0.25, 0.3) is 0 Å². The Morgan fingerprint density at radius 3 is 1.18 bits per heavy atom. The Hall–Kier alpha value is -0.600. The van der Waals surface area contributed by atoms with Gasteiger partial charge in [0.2, 0.25) is 0 Å². The summed E-state index contributed by atoms with van der Waals surface area (Å²) in [5.74, 6) is 2.94. The Kier molecular flexibility index (Phi) is 6.81. The third-order valence-corrected chi connectivity index (χ3v) is 11.1. The van der Waals surface area contributed by atoms with Crippen LogP contribution in [0.1, 0.15) is 134 Å². The summed E-state index contributed by atoms with van der Waals surface area (Å²) < 4.78 is 12.4. The lowest BCUT2D eigenvalue weighted by Crippen LogP contribution is -2.44. The molecule has 0 amide bonds. The lowest BCUT2D eigenvalue weighted by Gasteiger charge is -2.43. The molecule has 0 bridgehead atoms. The van der Waals surface area contributed by atoms with Crippen LogP contribution in [0.15, 0.2) is 23.3 Å². The first-order valence-corrected chi connectivity index (χ1v) is 15.9. The summed E-state index contributed by atoms with van der Waals surface area (Å²) >= 11 is 0. The fourth-order valence-electron chi connectivity index (χ4n) is 10.6. The number of rotatable bonds is 2. The van der Waals surface area contributed by atoms with Gasteiger partial charge < -0.3 is 9.47 Å². The smallest absolute Gasteiger partial charge is 0.0928 e. The van der Waals surface area contributed by atoms with Crippen molar-refractivity contribution in [3.05, 3.63) is 23.3 Å². The minimum absolute atomic E-state index is 0.166.